The maximum Gasteiger partial charge on any atom is 0.231 e. The van der Waals surface area contributed by atoms with Crippen molar-refractivity contribution in [1.82, 2.24) is 0 Å². The normalized spacial score (nSPS) is 12.6. The lowest BCUT2D eigenvalue weighted by Gasteiger charge is -2.03. The zero-order valence-corrected chi connectivity index (χ0v) is 7.33. The molecule has 0 unspecified atom stereocenters. The minimum Gasteiger partial charge on any atom is -0.453 e. The van der Waals surface area contributed by atoms with E-state index in [1.807, 2.05) is 13.0 Å². The second kappa shape index (κ2) is 2.98. The number of ether oxygens (including phenoxy) is 2. The summed E-state index contributed by atoms with van der Waals surface area (Å²) in [5.74, 6) is 1.34. The van der Waals surface area contributed by atoms with Crippen molar-refractivity contribution in [3.8, 4) is 17.6 Å². The van der Waals surface area contributed by atoms with Gasteiger partial charge in [-0.25, -0.2) is 0 Å². The molecule has 0 saturated heterocycles. The number of nitriles is 1. The Kier molecular flexibility index (Phi) is 1.82. The van der Waals surface area contributed by atoms with Crippen molar-refractivity contribution >= 4 is 0 Å². The van der Waals surface area contributed by atoms with Crippen LogP contribution < -0.4 is 9.47 Å². The molecular formula is C10H9NO2. The van der Waals surface area contributed by atoms with Crippen LogP contribution in [0.4, 0.5) is 0 Å². The second-order valence-corrected chi connectivity index (χ2v) is 2.80. The molecule has 0 aliphatic carbocycles. The molecular weight excluding hydrogens is 166 g/mol. The summed E-state index contributed by atoms with van der Waals surface area (Å²) < 4.78 is 10.5. The third-order valence-corrected chi connectivity index (χ3v) is 2.10. The summed E-state index contributed by atoms with van der Waals surface area (Å²) >= 11 is 0. The van der Waals surface area contributed by atoms with Gasteiger partial charge in [-0.15, -0.1) is 0 Å². The van der Waals surface area contributed by atoms with Crippen LogP contribution in [0.3, 0.4) is 0 Å². The van der Waals surface area contributed by atoms with Gasteiger partial charge in [0.05, 0.1) is 5.56 Å². The number of aryl methyl sites for hydroxylation is 1. The maximum absolute atomic E-state index is 8.78. The molecule has 13 heavy (non-hydrogen) atoms. The Morgan fingerprint density at radius 2 is 2.15 bits per heavy atom. The lowest BCUT2D eigenvalue weighted by Crippen LogP contribution is -1.94. The summed E-state index contributed by atoms with van der Waals surface area (Å²) in [7, 11) is 0. The Morgan fingerprint density at radius 1 is 1.38 bits per heavy atom. The van der Waals surface area contributed by atoms with E-state index in [0.717, 1.165) is 17.7 Å². The first-order valence-electron chi connectivity index (χ1n) is 4.18. The summed E-state index contributed by atoms with van der Waals surface area (Å²) in [6, 6.07) is 5.75. The Hall–Kier alpha value is -1.69. The van der Waals surface area contributed by atoms with E-state index in [2.05, 4.69) is 6.07 Å². The topological polar surface area (TPSA) is 42.2 Å². The van der Waals surface area contributed by atoms with Crippen LogP contribution in [-0.4, -0.2) is 6.79 Å². The highest BCUT2D eigenvalue weighted by atomic mass is 16.7. The molecule has 66 valence electrons. The van der Waals surface area contributed by atoms with Crippen LogP contribution in [0.25, 0.3) is 0 Å². The molecule has 1 aromatic rings. The fourth-order valence-corrected chi connectivity index (χ4v) is 1.42. The molecule has 0 bridgehead atoms. The van der Waals surface area contributed by atoms with Gasteiger partial charge in [-0.1, -0.05) is 13.0 Å². The molecule has 2 rings (SSSR count). The van der Waals surface area contributed by atoms with Gasteiger partial charge in [0.15, 0.2) is 11.5 Å². The molecule has 3 nitrogen and oxygen atoms in total. The number of hydrogen-bond acceptors (Lipinski definition) is 3. The highest BCUT2D eigenvalue weighted by molar-refractivity contribution is 5.57. The van der Waals surface area contributed by atoms with Gasteiger partial charge >= 0.3 is 0 Å². The van der Waals surface area contributed by atoms with Crippen LogP contribution in [0.1, 0.15) is 18.1 Å². The molecule has 0 radical (unpaired) electrons. The first-order valence-corrected chi connectivity index (χ1v) is 4.18. The Bertz CT molecular complexity index is 379. The van der Waals surface area contributed by atoms with Crippen molar-refractivity contribution in [1.29, 1.82) is 5.26 Å². The van der Waals surface area contributed by atoms with E-state index >= 15 is 0 Å². The molecule has 1 aliphatic heterocycles. The maximum atomic E-state index is 8.78. The van der Waals surface area contributed by atoms with E-state index in [1.54, 1.807) is 6.07 Å². The molecule has 0 spiro atoms. The predicted octanol–water partition coefficient (Wildman–Crippen LogP) is 1.85. The van der Waals surface area contributed by atoms with Gasteiger partial charge in [0.2, 0.25) is 6.79 Å². The standard InChI is InChI=1S/C10H9NO2/c1-2-7-3-4-8(5-11)10-9(7)12-6-13-10/h3-4H,2,6H2,1H3. The number of benzene rings is 1. The molecule has 0 atom stereocenters. The lowest BCUT2D eigenvalue weighted by molar-refractivity contribution is 0.173. The van der Waals surface area contributed by atoms with Gasteiger partial charge < -0.3 is 9.47 Å². The predicted molar refractivity (Wildman–Crippen MR) is 46.7 cm³/mol. The van der Waals surface area contributed by atoms with Gasteiger partial charge in [-0.3, -0.25) is 0 Å². The minimum atomic E-state index is 0.223. The summed E-state index contributed by atoms with van der Waals surface area (Å²) in [4.78, 5) is 0. The highest BCUT2D eigenvalue weighted by Gasteiger charge is 2.20. The van der Waals surface area contributed by atoms with Crippen LogP contribution in [0, 0.1) is 11.3 Å². The van der Waals surface area contributed by atoms with E-state index in [9.17, 15) is 0 Å². The van der Waals surface area contributed by atoms with Crippen molar-refractivity contribution < 1.29 is 9.47 Å². The minimum absolute atomic E-state index is 0.223. The number of rotatable bonds is 1. The van der Waals surface area contributed by atoms with E-state index < -0.39 is 0 Å². The highest BCUT2D eigenvalue weighted by Crippen LogP contribution is 2.38. The van der Waals surface area contributed by atoms with Gasteiger partial charge in [-0.2, -0.15) is 5.26 Å². The van der Waals surface area contributed by atoms with E-state index in [-0.39, 0.29) is 6.79 Å². The Labute approximate surface area is 76.5 Å². The summed E-state index contributed by atoms with van der Waals surface area (Å²) in [6.07, 6.45) is 0.886. The van der Waals surface area contributed by atoms with Crippen molar-refractivity contribution in [3.05, 3.63) is 23.3 Å². The van der Waals surface area contributed by atoms with Crippen LogP contribution >= 0.6 is 0 Å². The first kappa shape index (κ1) is 7.93. The third-order valence-electron chi connectivity index (χ3n) is 2.10. The fraction of sp³-hybridized carbons (Fsp3) is 0.300. The van der Waals surface area contributed by atoms with Gasteiger partial charge in [0.25, 0.3) is 0 Å². The molecule has 0 amide bonds. The second-order valence-electron chi connectivity index (χ2n) is 2.80. The van der Waals surface area contributed by atoms with Crippen molar-refractivity contribution in [2.45, 2.75) is 13.3 Å². The van der Waals surface area contributed by atoms with Crippen molar-refractivity contribution in [2.24, 2.45) is 0 Å². The van der Waals surface area contributed by atoms with Crippen LogP contribution in [0.5, 0.6) is 11.5 Å². The summed E-state index contributed by atoms with van der Waals surface area (Å²) in [5.41, 5.74) is 1.64. The first-order chi connectivity index (χ1) is 6.36. The van der Waals surface area contributed by atoms with Crippen LogP contribution in [0.15, 0.2) is 12.1 Å². The molecule has 3 heteroatoms. The van der Waals surface area contributed by atoms with Crippen LogP contribution in [-0.2, 0) is 6.42 Å². The molecule has 0 aromatic heterocycles. The van der Waals surface area contributed by atoms with E-state index in [0.29, 0.717) is 11.3 Å². The smallest absolute Gasteiger partial charge is 0.231 e. The van der Waals surface area contributed by atoms with Crippen molar-refractivity contribution in [2.75, 3.05) is 6.79 Å². The van der Waals surface area contributed by atoms with E-state index in [1.165, 1.54) is 0 Å². The average molecular weight is 175 g/mol. The number of fused-ring (bicyclic) bond motifs is 1. The fourth-order valence-electron chi connectivity index (χ4n) is 1.42. The zero-order chi connectivity index (χ0) is 9.26. The average Bonchev–Trinajstić information content (AvgIpc) is 2.64. The quantitative estimate of drug-likeness (QED) is 0.654. The number of nitrogens with zero attached hydrogens (tertiary/aromatic N) is 1. The Morgan fingerprint density at radius 3 is 2.85 bits per heavy atom. The molecule has 1 heterocycles. The van der Waals surface area contributed by atoms with Gasteiger partial charge in [0, 0.05) is 0 Å². The summed E-state index contributed by atoms with van der Waals surface area (Å²) in [5, 5.41) is 8.78. The molecule has 0 fully saturated rings. The lowest BCUT2D eigenvalue weighted by atomic mass is 10.1. The summed E-state index contributed by atoms with van der Waals surface area (Å²) in [6.45, 7) is 2.27. The van der Waals surface area contributed by atoms with Crippen LogP contribution in [0.2, 0.25) is 0 Å². The van der Waals surface area contributed by atoms with Gasteiger partial charge in [-0.05, 0) is 18.1 Å². The third kappa shape index (κ3) is 1.11. The van der Waals surface area contributed by atoms with Crippen molar-refractivity contribution in [3.63, 3.8) is 0 Å². The molecule has 1 aliphatic rings. The molecule has 1 aromatic carbocycles. The van der Waals surface area contributed by atoms with E-state index in [4.69, 9.17) is 14.7 Å². The van der Waals surface area contributed by atoms with Gasteiger partial charge in [0.1, 0.15) is 6.07 Å². The largest absolute Gasteiger partial charge is 0.453 e. The molecule has 0 N–H and O–H groups in total. The monoisotopic (exact) mass is 175 g/mol. The number of hydrogen-bond donors (Lipinski definition) is 0. The Balaban J connectivity index is 2.60. The zero-order valence-electron chi connectivity index (χ0n) is 7.33. The molecule has 0 saturated carbocycles. The SMILES string of the molecule is CCc1ccc(C#N)c2c1OCO2.